The Morgan fingerprint density at radius 2 is 1.83 bits per heavy atom. The third kappa shape index (κ3) is 2.92. The molecule has 1 heterocycles. The molecule has 0 aliphatic rings. The van der Waals surface area contributed by atoms with Crippen molar-refractivity contribution in [3.8, 4) is 5.69 Å². The SMILES string of the molecule is O=c1c2cc(I)ccc2[nH]c(=S)n1-c1ccccc1C(F)(F)F. The van der Waals surface area contributed by atoms with Gasteiger partial charge in [-0.3, -0.25) is 9.36 Å². The summed E-state index contributed by atoms with van der Waals surface area (Å²) in [5, 5.41) is 0.280. The van der Waals surface area contributed by atoms with E-state index in [4.69, 9.17) is 12.2 Å². The highest BCUT2D eigenvalue weighted by Crippen LogP contribution is 2.33. The molecule has 0 saturated heterocycles. The molecular weight excluding hydrogens is 440 g/mol. The van der Waals surface area contributed by atoms with Crippen LogP contribution in [-0.2, 0) is 6.18 Å². The summed E-state index contributed by atoms with van der Waals surface area (Å²) in [7, 11) is 0. The maximum Gasteiger partial charge on any atom is 0.418 e. The Labute approximate surface area is 146 Å². The van der Waals surface area contributed by atoms with Crippen molar-refractivity contribution < 1.29 is 13.2 Å². The van der Waals surface area contributed by atoms with E-state index in [9.17, 15) is 18.0 Å². The predicted octanol–water partition coefficient (Wildman–Crippen LogP) is 4.67. The summed E-state index contributed by atoms with van der Waals surface area (Å²) in [6.45, 7) is 0. The van der Waals surface area contributed by atoms with Crippen molar-refractivity contribution in [1.82, 2.24) is 9.55 Å². The van der Waals surface area contributed by atoms with Crippen LogP contribution >= 0.6 is 34.8 Å². The first kappa shape index (κ1) is 16.2. The Morgan fingerprint density at radius 1 is 1.13 bits per heavy atom. The number of alkyl halides is 3. The number of para-hydroxylation sites is 1. The molecule has 0 fully saturated rings. The number of halogens is 4. The lowest BCUT2D eigenvalue weighted by Crippen LogP contribution is -2.23. The highest BCUT2D eigenvalue weighted by molar-refractivity contribution is 14.1. The highest BCUT2D eigenvalue weighted by atomic mass is 127. The molecule has 0 aliphatic heterocycles. The van der Waals surface area contributed by atoms with Crippen LogP contribution in [0, 0.1) is 8.34 Å². The number of rotatable bonds is 1. The molecular formula is C15H8F3IN2OS. The number of hydrogen-bond donors (Lipinski definition) is 1. The van der Waals surface area contributed by atoms with Crippen molar-refractivity contribution in [2.24, 2.45) is 0 Å². The summed E-state index contributed by atoms with van der Waals surface area (Å²) in [4.78, 5) is 15.5. The van der Waals surface area contributed by atoms with E-state index in [0.29, 0.717) is 5.52 Å². The van der Waals surface area contributed by atoms with Gasteiger partial charge in [0.2, 0.25) is 0 Å². The number of nitrogens with one attached hydrogen (secondary N) is 1. The van der Waals surface area contributed by atoms with Crippen LogP contribution in [0.15, 0.2) is 47.3 Å². The zero-order chi connectivity index (χ0) is 16.8. The molecule has 8 heteroatoms. The largest absolute Gasteiger partial charge is 0.418 e. The van der Waals surface area contributed by atoms with Crippen LogP contribution in [0.1, 0.15) is 5.56 Å². The monoisotopic (exact) mass is 448 g/mol. The van der Waals surface area contributed by atoms with Crippen LogP contribution in [0.25, 0.3) is 16.6 Å². The number of fused-ring (bicyclic) bond motifs is 1. The standard InChI is InChI=1S/C15H8F3IN2OS/c16-15(17,18)10-3-1-2-4-12(10)21-13(22)9-7-8(19)5-6-11(9)20-14(21)23/h1-7H,(H,20,23). The van der Waals surface area contributed by atoms with Gasteiger partial charge in [0, 0.05) is 3.57 Å². The van der Waals surface area contributed by atoms with Gasteiger partial charge in [-0.05, 0) is 65.1 Å². The molecule has 3 rings (SSSR count). The number of H-pyrrole nitrogens is 1. The summed E-state index contributed by atoms with van der Waals surface area (Å²) in [6.07, 6.45) is -4.59. The van der Waals surface area contributed by atoms with Crippen molar-refractivity contribution in [3.63, 3.8) is 0 Å². The minimum Gasteiger partial charge on any atom is -0.331 e. The number of benzene rings is 2. The Morgan fingerprint density at radius 3 is 2.52 bits per heavy atom. The minimum atomic E-state index is -4.59. The first-order chi connectivity index (χ1) is 10.8. The maximum absolute atomic E-state index is 13.2. The van der Waals surface area contributed by atoms with E-state index in [2.05, 4.69) is 4.98 Å². The fourth-order valence-electron chi connectivity index (χ4n) is 2.31. The second kappa shape index (κ2) is 5.75. The molecule has 0 bridgehead atoms. The van der Waals surface area contributed by atoms with Gasteiger partial charge in [0.15, 0.2) is 4.77 Å². The van der Waals surface area contributed by atoms with Gasteiger partial charge < -0.3 is 4.98 Å². The van der Waals surface area contributed by atoms with Crippen LogP contribution in [0.2, 0.25) is 0 Å². The summed E-state index contributed by atoms with van der Waals surface area (Å²) < 4.78 is 41.2. The van der Waals surface area contributed by atoms with E-state index in [1.54, 1.807) is 18.2 Å². The molecule has 0 unspecified atom stereocenters. The zero-order valence-corrected chi connectivity index (χ0v) is 14.3. The number of aromatic amines is 1. The van der Waals surface area contributed by atoms with Gasteiger partial charge in [-0.1, -0.05) is 12.1 Å². The molecule has 1 aromatic heterocycles. The lowest BCUT2D eigenvalue weighted by Gasteiger charge is -2.15. The van der Waals surface area contributed by atoms with Gasteiger partial charge >= 0.3 is 6.18 Å². The van der Waals surface area contributed by atoms with E-state index in [1.807, 2.05) is 22.6 Å². The lowest BCUT2D eigenvalue weighted by molar-refractivity contribution is -0.137. The summed E-state index contributed by atoms with van der Waals surface area (Å²) in [5.41, 5.74) is -1.29. The third-order valence-electron chi connectivity index (χ3n) is 3.31. The molecule has 0 saturated carbocycles. The van der Waals surface area contributed by atoms with Crippen LogP contribution in [0.3, 0.4) is 0 Å². The van der Waals surface area contributed by atoms with E-state index in [1.165, 1.54) is 18.2 Å². The van der Waals surface area contributed by atoms with Crippen molar-refractivity contribution >= 4 is 45.7 Å². The molecule has 2 aromatic carbocycles. The fourth-order valence-corrected chi connectivity index (χ4v) is 3.10. The Hall–Kier alpha value is -1.68. The Balaban J connectivity index is 2.43. The molecule has 0 spiro atoms. The average molecular weight is 448 g/mol. The van der Waals surface area contributed by atoms with E-state index >= 15 is 0 Å². The maximum atomic E-state index is 13.2. The number of aromatic nitrogens is 2. The van der Waals surface area contributed by atoms with E-state index in [0.717, 1.165) is 14.2 Å². The summed E-state index contributed by atoms with van der Waals surface area (Å²) in [6, 6.07) is 9.92. The number of nitrogens with zero attached hydrogens (tertiary/aromatic N) is 1. The summed E-state index contributed by atoms with van der Waals surface area (Å²) in [5.74, 6) is 0. The fraction of sp³-hybridized carbons (Fsp3) is 0.0667. The second-order valence-electron chi connectivity index (χ2n) is 4.78. The van der Waals surface area contributed by atoms with Gasteiger partial charge in [-0.2, -0.15) is 13.2 Å². The Bertz CT molecular complexity index is 1020. The molecule has 23 heavy (non-hydrogen) atoms. The van der Waals surface area contributed by atoms with Crippen molar-refractivity contribution in [3.05, 3.63) is 66.7 Å². The smallest absolute Gasteiger partial charge is 0.331 e. The van der Waals surface area contributed by atoms with E-state index in [-0.39, 0.29) is 15.8 Å². The molecule has 118 valence electrons. The van der Waals surface area contributed by atoms with Gasteiger partial charge in [-0.25, -0.2) is 0 Å². The molecule has 0 amide bonds. The molecule has 0 aliphatic carbocycles. The molecule has 0 atom stereocenters. The normalized spacial score (nSPS) is 11.8. The minimum absolute atomic E-state index is 0.0830. The van der Waals surface area contributed by atoms with Gasteiger partial charge in [0.1, 0.15) is 0 Å². The van der Waals surface area contributed by atoms with Crippen LogP contribution in [-0.4, -0.2) is 9.55 Å². The quantitative estimate of drug-likeness (QED) is 0.434. The van der Waals surface area contributed by atoms with Crippen LogP contribution in [0.4, 0.5) is 13.2 Å². The molecule has 3 nitrogen and oxygen atoms in total. The van der Waals surface area contributed by atoms with Crippen LogP contribution in [0.5, 0.6) is 0 Å². The van der Waals surface area contributed by atoms with Crippen molar-refractivity contribution in [1.29, 1.82) is 0 Å². The van der Waals surface area contributed by atoms with Crippen molar-refractivity contribution in [2.75, 3.05) is 0 Å². The third-order valence-corrected chi connectivity index (χ3v) is 4.27. The first-order valence-corrected chi connectivity index (χ1v) is 7.89. The van der Waals surface area contributed by atoms with Gasteiger partial charge in [0.05, 0.1) is 22.2 Å². The topological polar surface area (TPSA) is 37.8 Å². The second-order valence-corrected chi connectivity index (χ2v) is 6.41. The molecule has 0 radical (unpaired) electrons. The van der Waals surface area contributed by atoms with Crippen molar-refractivity contribution in [2.45, 2.75) is 6.18 Å². The van der Waals surface area contributed by atoms with E-state index < -0.39 is 17.3 Å². The Kier molecular flexibility index (Phi) is 4.05. The average Bonchev–Trinajstić information content (AvgIpc) is 2.48. The molecule has 1 N–H and O–H groups in total. The first-order valence-electron chi connectivity index (χ1n) is 6.40. The van der Waals surface area contributed by atoms with Gasteiger partial charge in [0.25, 0.3) is 5.56 Å². The summed E-state index contributed by atoms with van der Waals surface area (Å²) >= 11 is 7.13. The number of hydrogen-bond acceptors (Lipinski definition) is 2. The van der Waals surface area contributed by atoms with Crippen LogP contribution < -0.4 is 5.56 Å². The molecule has 3 aromatic rings. The predicted molar refractivity (Wildman–Crippen MR) is 92.4 cm³/mol. The lowest BCUT2D eigenvalue weighted by atomic mass is 10.1. The highest BCUT2D eigenvalue weighted by Gasteiger charge is 2.34. The zero-order valence-electron chi connectivity index (χ0n) is 11.3. The van der Waals surface area contributed by atoms with Gasteiger partial charge in [-0.15, -0.1) is 0 Å².